The maximum atomic E-state index is 11.1. The van der Waals surface area contributed by atoms with Crippen LogP contribution in [0.25, 0.3) is 10.8 Å². The van der Waals surface area contributed by atoms with Gasteiger partial charge in [0.1, 0.15) is 10.7 Å². The molecule has 2 rings (SSSR count). The van der Waals surface area contributed by atoms with Crippen molar-refractivity contribution in [3.05, 3.63) is 36.0 Å². The number of hydrogen-bond acceptors (Lipinski definition) is 3. The Morgan fingerprint density at radius 2 is 2.17 bits per heavy atom. The van der Waals surface area contributed by atoms with Crippen LogP contribution in [-0.2, 0) is 0 Å². The second-order valence-electron chi connectivity index (χ2n) is 4.04. The van der Waals surface area contributed by atoms with Crippen molar-refractivity contribution in [1.29, 1.82) is 0 Å². The summed E-state index contributed by atoms with van der Waals surface area (Å²) in [6.07, 6.45) is 2.24. The van der Waals surface area contributed by atoms with Crippen LogP contribution >= 0.6 is 11.8 Å². The van der Waals surface area contributed by atoms with Gasteiger partial charge in [0.25, 0.3) is 0 Å². The molecule has 0 spiro atoms. The van der Waals surface area contributed by atoms with E-state index >= 15 is 0 Å². The van der Waals surface area contributed by atoms with E-state index in [2.05, 4.69) is 11.9 Å². The first-order valence-electron chi connectivity index (χ1n) is 5.98. The van der Waals surface area contributed by atoms with Crippen molar-refractivity contribution in [1.82, 2.24) is 4.98 Å². The third-order valence-electron chi connectivity index (χ3n) is 2.66. The van der Waals surface area contributed by atoms with E-state index in [-0.39, 0.29) is 5.69 Å². The first kappa shape index (κ1) is 12.9. The van der Waals surface area contributed by atoms with Gasteiger partial charge in [-0.1, -0.05) is 37.6 Å². The SMILES string of the molecule is CCCCSc1nc(C(=O)O)cc2ccccc12. The van der Waals surface area contributed by atoms with E-state index < -0.39 is 5.97 Å². The lowest BCUT2D eigenvalue weighted by Crippen LogP contribution is -2.01. The van der Waals surface area contributed by atoms with Crippen molar-refractivity contribution in [3.63, 3.8) is 0 Å². The topological polar surface area (TPSA) is 50.2 Å². The Labute approximate surface area is 110 Å². The number of fused-ring (bicyclic) bond motifs is 1. The minimum absolute atomic E-state index is 0.118. The van der Waals surface area contributed by atoms with Gasteiger partial charge in [-0.2, -0.15) is 0 Å². The highest BCUT2D eigenvalue weighted by molar-refractivity contribution is 7.99. The Kier molecular flexibility index (Phi) is 4.20. The minimum atomic E-state index is -0.974. The van der Waals surface area contributed by atoms with Crippen LogP contribution in [-0.4, -0.2) is 21.8 Å². The van der Waals surface area contributed by atoms with Crippen molar-refractivity contribution in [2.75, 3.05) is 5.75 Å². The van der Waals surface area contributed by atoms with Gasteiger partial charge in [-0.05, 0) is 23.6 Å². The highest BCUT2D eigenvalue weighted by Gasteiger charge is 2.10. The van der Waals surface area contributed by atoms with Crippen molar-refractivity contribution in [2.24, 2.45) is 0 Å². The zero-order valence-electron chi connectivity index (χ0n) is 10.2. The van der Waals surface area contributed by atoms with Crippen LogP contribution in [0.2, 0.25) is 0 Å². The number of carboxylic acids is 1. The van der Waals surface area contributed by atoms with Gasteiger partial charge < -0.3 is 5.11 Å². The number of aromatic carboxylic acids is 1. The fourth-order valence-electron chi connectivity index (χ4n) is 1.70. The molecule has 0 saturated carbocycles. The Morgan fingerprint density at radius 3 is 2.89 bits per heavy atom. The third-order valence-corrected chi connectivity index (χ3v) is 3.74. The molecule has 0 fully saturated rings. The Hall–Kier alpha value is -1.55. The molecule has 1 aromatic heterocycles. The van der Waals surface area contributed by atoms with Gasteiger partial charge in [-0.15, -0.1) is 11.8 Å². The fourth-order valence-corrected chi connectivity index (χ4v) is 2.83. The molecule has 18 heavy (non-hydrogen) atoms. The van der Waals surface area contributed by atoms with Gasteiger partial charge in [0.05, 0.1) is 0 Å². The van der Waals surface area contributed by atoms with Crippen molar-refractivity contribution in [3.8, 4) is 0 Å². The van der Waals surface area contributed by atoms with Crippen LogP contribution in [0.4, 0.5) is 0 Å². The molecule has 0 saturated heterocycles. The summed E-state index contributed by atoms with van der Waals surface area (Å²) in [5.74, 6) is -0.00517. The fraction of sp³-hybridized carbons (Fsp3) is 0.286. The monoisotopic (exact) mass is 261 g/mol. The highest BCUT2D eigenvalue weighted by Crippen LogP contribution is 2.27. The molecule has 1 N–H and O–H groups in total. The molecule has 2 aromatic rings. The molecule has 0 bridgehead atoms. The number of rotatable bonds is 5. The van der Waals surface area contributed by atoms with E-state index in [1.165, 1.54) is 0 Å². The molecular formula is C14H15NO2S. The van der Waals surface area contributed by atoms with E-state index in [9.17, 15) is 4.79 Å². The standard InChI is InChI=1S/C14H15NO2S/c1-2-3-8-18-13-11-7-5-4-6-10(11)9-12(15-13)14(16)17/h4-7,9H,2-3,8H2,1H3,(H,16,17). The van der Waals surface area contributed by atoms with Gasteiger partial charge >= 0.3 is 5.97 Å². The van der Waals surface area contributed by atoms with Gasteiger partial charge in [0.2, 0.25) is 0 Å². The van der Waals surface area contributed by atoms with Crippen LogP contribution in [0, 0.1) is 0 Å². The number of carbonyl (C=O) groups is 1. The van der Waals surface area contributed by atoms with Crippen LogP contribution < -0.4 is 0 Å². The molecule has 0 atom stereocenters. The van der Waals surface area contributed by atoms with E-state index in [1.807, 2.05) is 24.3 Å². The molecule has 0 radical (unpaired) electrons. The third kappa shape index (κ3) is 2.82. The highest BCUT2D eigenvalue weighted by atomic mass is 32.2. The van der Waals surface area contributed by atoms with Crippen LogP contribution in [0.1, 0.15) is 30.3 Å². The maximum absolute atomic E-state index is 11.1. The second-order valence-corrected chi connectivity index (χ2v) is 5.12. The average molecular weight is 261 g/mol. The minimum Gasteiger partial charge on any atom is -0.477 e. The lowest BCUT2D eigenvalue weighted by molar-refractivity contribution is 0.0690. The zero-order valence-corrected chi connectivity index (χ0v) is 11.0. The quantitative estimate of drug-likeness (QED) is 0.656. The van der Waals surface area contributed by atoms with Crippen LogP contribution in [0.15, 0.2) is 35.4 Å². The molecule has 0 aliphatic heterocycles. The first-order chi connectivity index (χ1) is 8.72. The zero-order chi connectivity index (χ0) is 13.0. The second kappa shape index (κ2) is 5.87. The average Bonchev–Trinajstić information content (AvgIpc) is 2.38. The summed E-state index contributed by atoms with van der Waals surface area (Å²) >= 11 is 1.63. The lowest BCUT2D eigenvalue weighted by Gasteiger charge is -2.06. The number of aromatic nitrogens is 1. The first-order valence-corrected chi connectivity index (χ1v) is 6.97. The van der Waals surface area contributed by atoms with Crippen molar-refractivity contribution in [2.45, 2.75) is 24.8 Å². The van der Waals surface area contributed by atoms with E-state index in [1.54, 1.807) is 17.8 Å². The Balaban J connectivity index is 2.43. The number of carboxylic acid groups (broad SMARTS) is 1. The van der Waals surface area contributed by atoms with Crippen molar-refractivity contribution < 1.29 is 9.90 Å². The number of unbranched alkanes of at least 4 members (excludes halogenated alkanes) is 1. The maximum Gasteiger partial charge on any atom is 0.354 e. The van der Waals surface area contributed by atoms with Gasteiger partial charge in [-0.3, -0.25) is 0 Å². The smallest absolute Gasteiger partial charge is 0.354 e. The molecule has 94 valence electrons. The summed E-state index contributed by atoms with van der Waals surface area (Å²) < 4.78 is 0. The molecule has 4 heteroatoms. The van der Waals surface area contributed by atoms with Crippen LogP contribution in [0.3, 0.4) is 0 Å². The number of hydrogen-bond donors (Lipinski definition) is 1. The summed E-state index contributed by atoms with van der Waals surface area (Å²) in [6, 6.07) is 9.40. The van der Waals surface area contributed by atoms with Gasteiger partial charge in [0, 0.05) is 5.39 Å². The predicted molar refractivity (Wildman–Crippen MR) is 74.3 cm³/mol. The van der Waals surface area contributed by atoms with Gasteiger partial charge in [-0.25, -0.2) is 9.78 Å². The normalized spacial score (nSPS) is 10.7. The van der Waals surface area contributed by atoms with E-state index in [0.717, 1.165) is 34.4 Å². The molecule has 0 aliphatic rings. The summed E-state index contributed by atoms with van der Waals surface area (Å²) in [6.45, 7) is 2.14. The van der Waals surface area contributed by atoms with E-state index in [4.69, 9.17) is 5.11 Å². The predicted octanol–water partition coefficient (Wildman–Crippen LogP) is 3.83. The number of benzene rings is 1. The Morgan fingerprint density at radius 1 is 1.39 bits per heavy atom. The summed E-state index contributed by atoms with van der Waals surface area (Å²) in [7, 11) is 0. The number of nitrogens with zero attached hydrogens (tertiary/aromatic N) is 1. The molecule has 0 amide bonds. The summed E-state index contributed by atoms with van der Waals surface area (Å²) in [5, 5.41) is 11.9. The Bertz CT molecular complexity index is 569. The molecule has 0 unspecified atom stereocenters. The molecule has 0 aliphatic carbocycles. The number of pyridine rings is 1. The van der Waals surface area contributed by atoms with Crippen molar-refractivity contribution >= 4 is 28.5 Å². The molecule has 3 nitrogen and oxygen atoms in total. The van der Waals surface area contributed by atoms with Crippen LogP contribution in [0.5, 0.6) is 0 Å². The number of thioether (sulfide) groups is 1. The summed E-state index contributed by atoms with van der Waals surface area (Å²) in [5.41, 5.74) is 0.118. The summed E-state index contributed by atoms with van der Waals surface area (Å²) in [4.78, 5) is 15.3. The van der Waals surface area contributed by atoms with Gasteiger partial charge in [0.15, 0.2) is 0 Å². The lowest BCUT2D eigenvalue weighted by atomic mass is 10.1. The largest absolute Gasteiger partial charge is 0.477 e. The van der Waals surface area contributed by atoms with E-state index in [0.29, 0.717) is 0 Å². The molecule has 1 heterocycles. The molecule has 1 aromatic carbocycles. The molecular weight excluding hydrogens is 246 g/mol.